The molecule has 0 bridgehead atoms. The van der Waals surface area contributed by atoms with Gasteiger partial charge in [0.2, 0.25) is 0 Å². The number of benzene rings is 1. The van der Waals surface area contributed by atoms with Gasteiger partial charge in [-0.15, -0.1) is 0 Å². The minimum atomic E-state index is 0.322. The Hall–Kier alpha value is -1.33. The second-order valence-corrected chi connectivity index (χ2v) is 3.41. The van der Waals surface area contributed by atoms with Gasteiger partial charge in [-0.1, -0.05) is 19.1 Å². The van der Waals surface area contributed by atoms with E-state index in [0.717, 1.165) is 18.5 Å². The van der Waals surface area contributed by atoms with Crippen molar-refractivity contribution < 1.29 is 0 Å². The minimum absolute atomic E-state index is 0.322. The van der Waals surface area contributed by atoms with Gasteiger partial charge < -0.3 is 5.32 Å². The molecule has 1 N–H and O–H groups in total. The summed E-state index contributed by atoms with van der Waals surface area (Å²) < 4.78 is 0. The highest BCUT2D eigenvalue weighted by Gasteiger charge is 2.03. The van der Waals surface area contributed by atoms with Crippen molar-refractivity contribution in [3.05, 3.63) is 35.4 Å². The van der Waals surface area contributed by atoms with Crippen LogP contribution in [0.3, 0.4) is 0 Å². The van der Waals surface area contributed by atoms with Crippen molar-refractivity contribution in [1.29, 1.82) is 5.26 Å². The van der Waals surface area contributed by atoms with Crippen molar-refractivity contribution in [3.63, 3.8) is 0 Å². The molecule has 2 heteroatoms. The van der Waals surface area contributed by atoms with Crippen LogP contribution in [0.25, 0.3) is 0 Å². The van der Waals surface area contributed by atoms with Crippen LogP contribution in [0.15, 0.2) is 24.3 Å². The first-order chi connectivity index (χ1) is 6.77. The maximum Gasteiger partial charge on any atom is 0.0991 e. The topological polar surface area (TPSA) is 35.8 Å². The lowest BCUT2D eigenvalue weighted by Gasteiger charge is -2.13. The molecule has 1 unspecified atom stereocenters. The molecule has 1 rings (SSSR count). The Bertz CT molecular complexity index is 325. The third kappa shape index (κ3) is 2.86. The van der Waals surface area contributed by atoms with Gasteiger partial charge in [0.25, 0.3) is 0 Å². The monoisotopic (exact) mass is 188 g/mol. The molecule has 0 aliphatic rings. The SMILES string of the molecule is CCCNC(C)c1cccc(C#N)c1. The largest absolute Gasteiger partial charge is 0.310 e. The van der Waals surface area contributed by atoms with Crippen LogP contribution in [-0.2, 0) is 0 Å². The zero-order chi connectivity index (χ0) is 10.4. The average Bonchev–Trinajstić information content (AvgIpc) is 2.26. The van der Waals surface area contributed by atoms with Gasteiger partial charge in [0.15, 0.2) is 0 Å². The quantitative estimate of drug-likeness (QED) is 0.788. The van der Waals surface area contributed by atoms with E-state index in [4.69, 9.17) is 5.26 Å². The summed E-state index contributed by atoms with van der Waals surface area (Å²) in [4.78, 5) is 0. The summed E-state index contributed by atoms with van der Waals surface area (Å²) in [5, 5.41) is 12.1. The van der Waals surface area contributed by atoms with E-state index in [0.29, 0.717) is 6.04 Å². The minimum Gasteiger partial charge on any atom is -0.310 e. The number of hydrogen-bond donors (Lipinski definition) is 1. The van der Waals surface area contributed by atoms with E-state index in [2.05, 4.69) is 25.2 Å². The third-order valence-corrected chi connectivity index (χ3v) is 2.22. The third-order valence-electron chi connectivity index (χ3n) is 2.22. The van der Waals surface area contributed by atoms with Crippen molar-refractivity contribution in [3.8, 4) is 6.07 Å². The summed E-state index contributed by atoms with van der Waals surface area (Å²) in [5.41, 5.74) is 1.91. The first-order valence-electron chi connectivity index (χ1n) is 5.01. The molecular formula is C12H16N2. The van der Waals surface area contributed by atoms with Crippen LogP contribution < -0.4 is 5.32 Å². The first-order valence-corrected chi connectivity index (χ1v) is 5.01. The molecule has 0 spiro atoms. The Morgan fingerprint density at radius 2 is 2.29 bits per heavy atom. The Kier molecular flexibility index (Phi) is 4.15. The predicted molar refractivity (Wildman–Crippen MR) is 57.9 cm³/mol. The number of rotatable bonds is 4. The molecule has 0 saturated heterocycles. The molecule has 0 aliphatic heterocycles. The van der Waals surface area contributed by atoms with Gasteiger partial charge in [-0.25, -0.2) is 0 Å². The van der Waals surface area contributed by atoms with Crippen LogP contribution in [0.2, 0.25) is 0 Å². The molecular weight excluding hydrogens is 172 g/mol. The lowest BCUT2D eigenvalue weighted by molar-refractivity contribution is 0.570. The summed E-state index contributed by atoms with van der Waals surface area (Å²) in [6.45, 7) is 5.27. The fourth-order valence-corrected chi connectivity index (χ4v) is 1.36. The number of hydrogen-bond acceptors (Lipinski definition) is 2. The summed E-state index contributed by atoms with van der Waals surface area (Å²) in [7, 11) is 0. The van der Waals surface area contributed by atoms with Gasteiger partial charge in [-0.05, 0) is 37.6 Å². The van der Waals surface area contributed by atoms with Crippen molar-refractivity contribution >= 4 is 0 Å². The van der Waals surface area contributed by atoms with E-state index in [-0.39, 0.29) is 0 Å². The van der Waals surface area contributed by atoms with Gasteiger partial charge in [0.05, 0.1) is 11.6 Å². The number of nitrogens with one attached hydrogen (secondary N) is 1. The van der Waals surface area contributed by atoms with Crippen molar-refractivity contribution in [2.24, 2.45) is 0 Å². The van der Waals surface area contributed by atoms with E-state index in [1.54, 1.807) is 0 Å². The van der Waals surface area contributed by atoms with Crippen LogP contribution in [-0.4, -0.2) is 6.54 Å². The highest BCUT2D eigenvalue weighted by Crippen LogP contribution is 2.13. The van der Waals surface area contributed by atoms with Gasteiger partial charge >= 0.3 is 0 Å². The van der Waals surface area contributed by atoms with E-state index in [9.17, 15) is 0 Å². The highest BCUT2D eigenvalue weighted by molar-refractivity contribution is 5.33. The van der Waals surface area contributed by atoms with E-state index in [1.165, 1.54) is 5.56 Å². The van der Waals surface area contributed by atoms with Crippen molar-refractivity contribution in [2.45, 2.75) is 26.3 Å². The summed E-state index contributed by atoms with van der Waals surface area (Å²) in [5.74, 6) is 0. The maximum atomic E-state index is 8.75. The Balaban J connectivity index is 2.70. The molecule has 0 amide bonds. The zero-order valence-corrected chi connectivity index (χ0v) is 8.75. The standard InChI is InChI=1S/C12H16N2/c1-3-7-14-10(2)12-6-4-5-11(8-12)9-13/h4-6,8,10,14H,3,7H2,1-2H3. The number of nitriles is 1. The number of nitrogens with zero attached hydrogens (tertiary/aromatic N) is 1. The Labute approximate surface area is 85.6 Å². The summed E-state index contributed by atoms with van der Waals surface area (Å²) >= 11 is 0. The van der Waals surface area contributed by atoms with Crippen LogP contribution in [0, 0.1) is 11.3 Å². The van der Waals surface area contributed by atoms with E-state index in [1.807, 2.05) is 24.3 Å². The fraction of sp³-hybridized carbons (Fsp3) is 0.417. The maximum absolute atomic E-state index is 8.75. The molecule has 0 heterocycles. The molecule has 0 aromatic heterocycles. The molecule has 0 aliphatic carbocycles. The lowest BCUT2D eigenvalue weighted by atomic mass is 10.1. The molecule has 0 saturated carbocycles. The van der Waals surface area contributed by atoms with Gasteiger partial charge in [-0.2, -0.15) is 5.26 Å². The smallest absolute Gasteiger partial charge is 0.0991 e. The van der Waals surface area contributed by atoms with Crippen LogP contribution in [0.4, 0.5) is 0 Å². The molecule has 2 nitrogen and oxygen atoms in total. The summed E-state index contributed by atoms with van der Waals surface area (Å²) in [6.07, 6.45) is 1.13. The molecule has 74 valence electrons. The normalized spacial score (nSPS) is 12.1. The molecule has 0 fully saturated rings. The van der Waals surface area contributed by atoms with E-state index < -0.39 is 0 Å². The van der Waals surface area contributed by atoms with Crippen LogP contribution >= 0.6 is 0 Å². The Morgan fingerprint density at radius 1 is 1.50 bits per heavy atom. The summed E-state index contributed by atoms with van der Waals surface area (Å²) in [6, 6.07) is 10.2. The molecule has 1 atom stereocenters. The second-order valence-electron chi connectivity index (χ2n) is 3.41. The average molecular weight is 188 g/mol. The van der Waals surface area contributed by atoms with Gasteiger partial charge in [0, 0.05) is 6.04 Å². The Morgan fingerprint density at radius 3 is 2.93 bits per heavy atom. The van der Waals surface area contributed by atoms with Crippen molar-refractivity contribution in [1.82, 2.24) is 5.32 Å². The van der Waals surface area contributed by atoms with Crippen molar-refractivity contribution in [2.75, 3.05) is 6.54 Å². The molecule has 0 radical (unpaired) electrons. The zero-order valence-electron chi connectivity index (χ0n) is 8.75. The molecule has 1 aromatic rings. The highest BCUT2D eigenvalue weighted by atomic mass is 14.9. The fourth-order valence-electron chi connectivity index (χ4n) is 1.36. The molecule has 1 aromatic carbocycles. The van der Waals surface area contributed by atoms with Gasteiger partial charge in [-0.3, -0.25) is 0 Å². The lowest BCUT2D eigenvalue weighted by Crippen LogP contribution is -2.19. The predicted octanol–water partition coefficient (Wildman–Crippen LogP) is 2.62. The van der Waals surface area contributed by atoms with Crippen LogP contribution in [0.1, 0.15) is 37.4 Å². The van der Waals surface area contributed by atoms with Gasteiger partial charge in [0.1, 0.15) is 0 Å². The van der Waals surface area contributed by atoms with Crippen LogP contribution in [0.5, 0.6) is 0 Å². The molecule has 14 heavy (non-hydrogen) atoms. The second kappa shape index (κ2) is 5.41. The first kappa shape index (κ1) is 10.7. The van der Waals surface area contributed by atoms with E-state index >= 15 is 0 Å².